The summed E-state index contributed by atoms with van der Waals surface area (Å²) in [6.45, 7) is 1.70. The van der Waals surface area contributed by atoms with Crippen LogP contribution in [0.25, 0.3) is 22.1 Å². The summed E-state index contributed by atoms with van der Waals surface area (Å²) in [7, 11) is 1.46. The predicted octanol–water partition coefficient (Wildman–Crippen LogP) is 3.54. The van der Waals surface area contributed by atoms with Crippen molar-refractivity contribution in [2.24, 2.45) is 17.3 Å². The zero-order valence-electron chi connectivity index (χ0n) is 19.8. The highest BCUT2D eigenvalue weighted by atomic mass is 79.9. The Kier molecular flexibility index (Phi) is 6.39. The summed E-state index contributed by atoms with van der Waals surface area (Å²) in [6.07, 6.45) is -1.06. The minimum absolute atomic E-state index is 0.0388. The second-order valence-corrected chi connectivity index (χ2v) is 9.37. The quantitative estimate of drug-likeness (QED) is 0.220. The number of para-hydroxylation sites is 1. The number of aromatic nitrogens is 5. The number of aliphatic hydroxyl groups excluding tert-OH is 1. The number of aryl methyl sites for hydroxylation is 2. The number of imidazole rings is 1. The second-order valence-electron chi connectivity index (χ2n) is 8.46. The minimum atomic E-state index is -1.06. The van der Waals surface area contributed by atoms with Crippen LogP contribution in [0.4, 0.5) is 11.6 Å². The first-order valence-corrected chi connectivity index (χ1v) is 12.0. The molecule has 1 atom stereocenters. The molecule has 0 fully saturated rings. The Hall–Kier alpha value is -4.23. The molecule has 13 heteroatoms. The molecule has 5 rings (SSSR count). The van der Waals surface area contributed by atoms with Crippen molar-refractivity contribution in [3.8, 4) is 11.6 Å². The highest BCUT2D eigenvalue weighted by molar-refractivity contribution is 9.10. The molecule has 190 valence electrons. The third-order valence-electron chi connectivity index (χ3n) is 5.86. The summed E-state index contributed by atoms with van der Waals surface area (Å²) in [4.78, 5) is 34.3. The molecule has 0 saturated heterocycles. The molecule has 0 unspecified atom stereocenters. The molecule has 0 bridgehead atoms. The van der Waals surface area contributed by atoms with Crippen LogP contribution in [0.3, 0.4) is 0 Å². The average Bonchev–Trinajstić information content (AvgIpc) is 3.37. The van der Waals surface area contributed by atoms with Gasteiger partial charge in [0.1, 0.15) is 18.5 Å². The van der Waals surface area contributed by atoms with Crippen molar-refractivity contribution in [3.05, 3.63) is 73.3 Å². The van der Waals surface area contributed by atoms with Crippen LogP contribution in [-0.2, 0) is 13.6 Å². The topological polar surface area (TPSA) is 163 Å². The SMILES string of the molecule is Cc1ccccc1OC[C@H](O)Cn1c(N=Nc2c(O)[nH]c3ccc(Br)cc23)nc2c1c(=O)[nH]c(=O)n2C. The van der Waals surface area contributed by atoms with Crippen molar-refractivity contribution in [1.29, 1.82) is 0 Å². The van der Waals surface area contributed by atoms with Crippen LogP contribution in [0.5, 0.6) is 11.6 Å². The fourth-order valence-corrected chi connectivity index (χ4v) is 4.33. The largest absolute Gasteiger partial charge is 0.493 e. The van der Waals surface area contributed by atoms with Crippen LogP contribution in [0.15, 0.2) is 66.8 Å². The fourth-order valence-electron chi connectivity index (χ4n) is 3.97. The summed E-state index contributed by atoms with van der Waals surface area (Å²) in [5, 5.41) is 30.1. The second kappa shape index (κ2) is 9.67. The van der Waals surface area contributed by atoms with Gasteiger partial charge in [0.05, 0.1) is 12.1 Å². The van der Waals surface area contributed by atoms with E-state index in [0.29, 0.717) is 16.7 Å². The number of rotatable bonds is 7. The van der Waals surface area contributed by atoms with Gasteiger partial charge in [0.25, 0.3) is 11.5 Å². The Bertz CT molecular complexity index is 1780. The van der Waals surface area contributed by atoms with Crippen molar-refractivity contribution < 1.29 is 14.9 Å². The van der Waals surface area contributed by atoms with Gasteiger partial charge in [-0.1, -0.05) is 34.1 Å². The first-order valence-electron chi connectivity index (χ1n) is 11.2. The molecule has 0 radical (unpaired) electrons. The zero-order chi connectivity index (χ0) is 26.3. The Morgan fingerprint density at radius 2 is 1.95 bits per heavy atom. The molecule has 0 aliphatic rings. The highest BCUT2D eigenvalue weighted by Gasteiger charge is 2.21. The molecule has 37 heavy (non-hydrogen) atoms. The van der Waals surface area contributed by atoms with Crippen LogP contribution in [0.1, 0.15) is 5.56 Å². The first kappa shape index (κ1) is 24.5. The number of H-pyrrole nitrogens is 2. The average molecular weight is 568 g/mol. The number of aromatic hydroxyl groups is 1. The number of ether oxygens (including phenoxy) is 1. The van der Waals surface area contributed by atoms with Crippen LogP contribution < -0.4 is 16.0 Å². The zero-order valence-corrected chi connectivity index (χ0v) is 21.4. The molecular weight excluding hydrogens is 546 g/mol. The van der Waals surface area contributed by atoms with Crippen molar-refractivity contribution >= 4 is 49.6 Å². The van der Waals surface area contributed by atoms with E-state index in [-0.39, 0.29) is 41.8 Å². The molecule has 0 amide bonds. The van der Waals surface area contributed by atoms with Gasteiger partial charge < -0.3 is 19.9 Å². The standard InChI is InChI=1S/C24H22BrN7O5/c1-12-5-3-4-6-17(12)37-11-14(33)10-32-19-20(31(2)24(36)28-22(19)35)27-23(32)30-29-18-15-9-13(25)7-8-16(15)26-21(18)34/h3-9,14,26,33-34H,10-11H2,1-2H3,(H,28,35,36)/t14-/m1/s1. The van der Waals surface area contributed by atoms with Gasteiger partial charge in [0.15, 0.2) is 16.9 Å². The van der Waals surface area contributed by atoms with Crippen molar-refractivity contribution in [3.63, 3.8) is 0 Å². The van der Waals surface area contributed by atoms with Gasteiger partial charge in [-0.15, -0.1) is 10.2 Å². The molecule has 0 aliphatic carbocycles. The van der Waals surface area contributed by atoms with E-state index in [2.05, 4.69) is 41.1 Å². The summed E-state index contributed by atoms with van der Waals surface area (Å²) in [5.41, 5.74) is 0.504. The van der Waals surface area contributed by atoms with Crippen molar-refractivity contribution in [1.82, 2.24) is 24.1 Å². The predicted molar refractivity (Wildman–Crippen MR) is 140 cm³/mol. The van der Waals surface area contributed by atoms with Gasteiger partial charge in [-0.3, -0.25) is 18.9 Å². The molecule has 5 aromatic rings. The number of nitrogens with zero attached hydrogens (tertiary/aromatic N) is 5. The molecular formula is C24H22BrN7O5. The summed E-state index contributed by atoms with van der Waals surface area (Å²) >= 11 is 3.40. The fraction of sp³-hybridized carbons (Fsp3) is 0.208. The number of hydrogen-bond acceptors (Lipinski definition) is 8. The third-order valence-corrected chi connectivity index (χ3v) is 6.35. The monoisotopic (exact) mass is 567 g/mol. The van der Waals surface area contributed by atoms with Gasteiger partial charge in [0.2, 0.25) is 5.88 Å². The number of nitrogens with one attached hydrogen (secondary N) is 2. The van der Waals surface area contributed by atoms with E-state index < -0.39 is 17.4 Å². The lowest BCUT2D eigenvalue weighted by Crippen LogP contribution is -2.30. The number of azo groups is 1. The van der Waals surface area contributed by atoms with Gasteiger partial charge in [-0.25, -0.2) is 4.79 Å². The van der Waals surface area contributed by atoms with Crippen LogP contribution in [0, 0.1) is 6.92 Å². The maximum atomic E-state index is 12.7. The Labute approximate surface area is 217 Å². The van der Waals surface area contributed by atoms with Crippen LogP contribution in [-0.4, -0.2) is 47.0 Å². The highest BCUT2D eigenvalue weighted by Crippen LogP contribution is 2.37. The van der Waals surface area contributed by atoms with Gasteiger partial charge in [0, 0.05) is 16.9 Å². The Morgan fingerprint density at radius 1 is 1.16 bits per heavy atom. The number of benzene rings is 2. The summed E-state index contributed by atoms with van der Waals surface area (Å²) in [5.74, 6) is 0.384. The van der Waals surface area contributed by atoms with E-state index in [0.717, 1.165) is 10.0 Å². The number of halogens is 1. The molecule has 2 aromatic carbocycles. The van der Waals surface area contributed by atoms with Crippen molar-refractivity contribution in [2.45, 2.75) is 19.6 Å². The van der Waals surface area contributed by atoms with E-state index in [1.54, 1.807) is 18.2 Å². The molecule has 3 aromatic heterocycles. The lowest BCUT2D eigenvalue weighted by Gasteiger charge is -2.15. The van der Waals surface area contributed by atoms with E-state index in [1.807, 2.05) is 31.2 Å². The molecule has 3 heterocycles. The molecule has 4 N–H and O–H groups in total. The normalized spacial score (nSPS) is 12.6. The number of hydrogen-bond donors (Lipinski definition) is 4. The van der Waals surface area contributed by atoms with Gasteiger partial charge in [-0.05, 0) is 36.8 Å². The first-order chi connectivity index (χ1) is 17.7. The molecule has 0 saturated carbocycles. The van der Waals surface area contributed by atoms with E-state index in [9.17, 15) is 19.8 Å². The van der Waals surface area contributed by atoms with E-state index >= 15 is 0 Å². The van der Waals surface area contributed by atoms with Crippen LogP contribution >= 0.6 is 15.9 Å². The maximum Gasteiger partial charge on any atom is 0.329 e. The minimum Gasteiger partial charge on any atom is -0.493 e. The smallest absolute Gasteiger partial charge is 0.329 e. The lowest BCUT2D eigenvalue weighted by atomic mass is 10.2. The molecule has 12 nitrogen and oxygen atoms in total. The molecule has 0 spiro atoms. The van der Waals surface area contributed by atoms with E-state index in [1.165, 1.54) is 16.2 Å². The van der Waals surface area contributed by atoms with Crippen LogP contribution in [0.2, 0.25) is 0 Å². The Morgan fingerprint density at radius 3 is 2.73 bits per heavy atom. The van der Waals surface area contributed by atoms with Crippen molar-refractivity contribution in [2.75, 3.05) is 6.61 Å². The maximum absolute atomic E-state index is 12.7. The van der Waals surface area contributed by atoms with E-state index in [4.69, 9.17) is 4.74 Å². The summed E-state index contributed by atoms with van der Waals surface area (Å²) in [6, 6.07) is 12.7. The van der Waals surface area contributed by atoms with Gasteiger partial charge in [-0.2, -0.15) is 4.98 Å². The Balaban J connectivity index is 1.54. The molecule has 0 aliphatic heterocycles. The third kappa shape index (κ3) is 4.66. The van der Waals surface area contributed by atoms with Gasteiger partial charge >= 0.3 is 5.69 Å². The number of fused-ring (bicyclic) bond motifs is 2. The lowest BCUT2D eigenvalue weighted by molar-refractivity contribution is 0.0934. The number of aliphatic hydroxyl groups is 1. The number of aromatic amines is 2. The summed E-state index contributed by atoms with van der Waals surface area (Å²) < 4.78 is 9.06.